The molecule has 0 unspecified atom stereocenters. The first kappa shape index (κ1) is 13.7. The average Bonchev–Trinajstić information content (AvgIpc) is 2.90. The zero-order chi connectivity index (χ0) is 13.5. The predicted molar refractivity (Wildman–Crippen MR) is 76.3 cm³/mol. The van der Waals surface area contributed by atoms with E-state index in [9.17, 15) is 0 Å². The van der Waals surface area contributed by atoms with E-state index in [1.165, 1.54) is 0 Å². The van der Waals surface area contributed by atoms with E-state index in [0.29, 0.717) is 19.0 Å². The Kier molecular flexibility index (Phi) is 5.05. The van der Waals surface area contributed by atoms with Crippen molar-refractivity contribution in [3.05, 3.63) is 28.5 Å². The Hall–Kier alpha value is -1.73. The van der Waals surface area contributed by atoms with Crippen molar-refractivity contribution in [3.8, 4) is 0 Å². The molecule has 0 amide bonds. The average molecular weight is 279 g/mol. The third-order valence-electron chi connectivity index (χ3n) is 2.34. The van der Waals surface area contributed by atoms with Crippen LogP contribution in [0.2, 0.25) is 0 Å². The summed E-state index contributed by atoms with van der Waals surface area (Å²) in [5, 5.41) is 8.43. The monoisotopic (exact) mass is 279 g/mol. The first-order valence-corrected chi connectivity index (χ1v) is 6.97. The number of rotatable bonds is 7. The van der Waals surface area contributed by atoms with Gasteiger partial charge in [-0.05, 0) is 6.92 Å². The summed E-state index contributed by atoms with van der Waals surface area (Å²) in [5.41, 5.74) is 2.82. The van der Waals surface area contributed by atoms with Crippen LogP contribution in [0.5, 0.6) is 0 Å². The van der Waals surface area contributed by atoms with E-state index in [1.807, 2.05) is 23.9 Å². The lowest BCUT2D eigenvalue weighted by molar-refractivity contribution is 0.178. The van der Waals surface area contributed by atoms with Crippen LogP contribution in [0.25, 0.3) is 0 Å². The van der Waals surface area contributed by atoms with Gasteiger partial charge in [0, 0.05) is 25.1 Å². The van der Waals surface area contributed by atoms with Gasteiger partial charge in [0.1, 0.15) is 18.2 Å². The molecule has 0 aromatic carbocycles. The Bertz CT molecular complexity index is 479. The SMILES string of the molecule is CCNc1cc(NCc2cscn2)nc(COC)n1. The summed E-state index contributed by atoms with van der Waals surface area (Å²) in [5.74, 6) is 2.22. The van der Waals surface area contributed by atoms with Gasteiger partial charge >= 0.3 is 0 Å². The lowest BCUT2D eigenvalue weighted by atomic mass is 10.4. The van der Waals surface area contributed by atoms with E-state index < -0.39 is 0 Å². The summed E-state index contributed by atoms with van der Waals surface area (Å²) in [4.78, 5) is 13.0. The van der Waals surface area contributed by atoms with Gasteiger partial charge < -0.3 is 15.4 Å². The zero-order valence-electron chi connectivity index (χ0n) is 11.0. The number of ether oxygens (including phenoxy) is 1. The number of nitrogens with one attached hydrogen (secondary N) is 2. The molecule has 0 saturated carbocycles. The van der Waals surface area contributed by atoms with Gasteiger partial charge in [-0.3, -0.25) is 0 Å². The third kappa shape index (κ3) is 4.15. The zero-order valence-corrected chi connectivity index (χ0v) is 11.8. The second-order valence-electron chi connectivity index (χ2n) is 3.85. The number of anilines is 2. The smallest absolute Gasteiger partial charge is 0.158 e. The number of hydrogen-bond acceptors (Lipinski definition) is 7. The van der Waals surface area contributed by atoms with Crippen LogP contribution in [0.15, 0.2) is 17.0 Å². The molecule has 0 saturated heterocycles. The minimum Gasteiger partial charge on any atom is -0.377 e. The summed E-state index contributed by atoms with van der Waals surface area (Å²) >= 11 is 1.58. The van der Waals surface area contributed by atoms with Crippen LogP contribution in [0, 0.1) is 0 Å². The highest BCUT2D eigenvalue weighted by atomic mass is 32.1. The van der Waals surface area contributed by atoms with E-state index in [4.69, 9.17) is 4.74 Å². The second kappa shape index (κ2) is 7.01. The van der Waals surface area contributed by atoms with Crippen LogP contribution in [0.4, 0.5) is 11.6 Å². The molecular formula is C12H17N5OS. The molecule has 0 atom stereocenters. The molecule has 2 rings (SSSR count). The molecule has 2 aromatic heterocycles. The number of methoxy groups -OCH3 is 1. The van der Waals surface area contributed by atoms with Crippen LogP contribution in [0.3, 0.4) is 0 Å². The maximum absolute atomic E-state index is 5.08. The van der Waals surface area contributed by atoms with Crippen LogP contribution in [-0.2, 0) is 17.9 Å². The summed E-state index contributed by atoms with van der Waals surface area (Å²) < 4.78 is 5.08. The van der Waals surface area contributed by atoms with Crippen LogP contribution in [0.1, 0.15) is 18.4 Å². The highest BCUT2D eigenvalue weighted by Crippen LogP contribution is 2.13. The molecule has 0 aliphatic rings. The van der Waals surface area contributed by atoms with E-state index in [1.54, 1.807) is 18.4 Å². The molecule has 7 heteroatoms. The summed E-state index contributed by atoms with van der Waals surface area (Å²) in [7, 11) is 1.63. The molecule has 0 bridgehead atoms. The maximum atomic E-state index is 5.08. The predicted octanol–water partition coefficient (Wildman–Crippen LogP) is 2.12. The number of nitrogens with zero attached hydrogens (tertiary/aromatic N) is 3. The fraction of sp³-hybridized carbons (Fsp3) is 0.417. The van der Waals surface area contributed by atoms with E-state index in [0.717, 1.165) is 23.9 Å². The fourth-order valence-electron chi connectivity index (χ4n) is 1.56. The van der Waals surface area contributed by atoms with Crippen molar-refractivity contribution < 1.29 is 4.74 Å². The second-order valence-corrected chi connectivity index (χ2v) is 4.57. The van der Waals surface area contributed by atoms with Gasteiger partial charge in [0.2, 0.25) is 0 Å². The van der Waals surface area contributed by atoms with Gasteiger partial charge in [-0.1, -0.05) is 0 Å². The van der Waals surface area contributed by atoms with Crippen molar-refractivity contribution in [2.75, 3.05) is 24.3 Å². The molecule has 0 radical (unpaired) electrons. The van der Waals surface area contributed by atoms with Crippen molar-refractivity contribution in [1.82, 2.24) is 15.0 Å². The number of thiazole rings is 1. The van der Waals surface area contributed by atoms with Crippen molar-refractivity contribution >= 4 is 23.0 Å². The molecule has 0 fully saturated rings. The minimum atomic E-state index is 0.393. The molecule has 6 nitrogen and oxygen atoms in total. The van der Waals surface area contributed by atoms with Gasteiger partial charge in [0.15, 0.2) is 5.82 Å². The first-order chi connectivity index (χ1) is 9.31. The molecule has 0 spiro atoms. The molecule has 102 valence electrons. The van der Waals surface area contributed by atoms with E-state index in [-0.39, 0.29) is 0 Å². The van der Waals surface area contributed by atoms with Gasteiger partial charge in [-0.25, -0.2) is 15.0 Å². The maximum Gasteiger partial charge on any atom is 0.158 e. The number of aromatic nitrogens is 3. The van der Waals surface area contributed by atoms with Crippen molar-refractivity contribution in [3.63, 3.8) is 0 Å². The standard InChI is InChI=1S/C12H17N5OS/c1-3-13-10-4-11(17-12(16-10)6-18-2)14-5-9-7-19-8-15-9/h4,7-8H,3,5-6H2,1-2H3,(H2,13,14,16,17). The molecule has 19 heavy (non-hydrogen) atoms. The van der Waals surface area contributed by atoms with E-state index in [2.05, 4.69) is 25.6 Å². The highest BCUT2D eigenvalue weighted by Gasteiger charge is 2.04. The van der Waals surface area contributed by atoms with Crippen molar-refractivity contribution in [2.45, 2.75) is 20.1 Å². The normalized spacial score (nSPS) is 10.4. The fourth-order valence-corrected chi connectivity index (χ4v) is 2.12. The minimum absolute atomic E-state index is 0.393. The molecular weight excluding hydrogens is 262 g/mol. The summed E-state index contributed by atoms with van der Waals surface area (Å²) in [6.45, 7) is 3.89. The van der Waals surface area contributed by atoms with Crippen LogP contribution >= 0.6 is 11.3 Å². The van der Waals surface area contributed by atoms with Gasteiger partial charge in [0.05, 0.1) is 17.7 Å². The highest BCUT2D eigenvalue weighted by molar-refractivity contribution is 7.07. The molecule has 2 aromatic rings. The molecule has 0 aliphatic heterocycles. The van der Waals surface area contributed by atoms with Crippen LogP contribution < -0.4 is 10.6 Å². The lowest BCUT2D eigenvalue weighted by Crippen LogP contribution is -2.08. The molecule has 0 aliphatic carbocycles. The first-order valence-electron chi connectivity index (χ1n) is 6.03. The number of hydrogen-bond donors (Lipinski definition) is 2. The third-order valence-corrected chi connectivity index (χ3v) is 2.97. The Labute approximate surface area is 116 Å². The van der Waals surface area contributed by atoms with Crippen molar-refractivity contribution in [1.29, 1.82) is 0 Å². The van der Waals surface area contributed by atoms with Gasteiger partial charge in [0.25, 0.3) is 0 Å². The van der Waals surface area contributed by atoms with Crippen molar-refractivity contribution in [2.24, 2.45) is 0 Å². The Morgan fingerprint density at radius 3 is 2.68 bits per heavy atom. The van der Waals surface area contributed by atoms with Crippen LogP contribution in [-0.4, -0.2) is 28.6 Å². The Balaban J connectivity index is 2.08. The lowest BCUT2D eigenvalue weighted by Gasteiger charge is -2.09. The quantitative estimate of drug-likeness (QED) is 0.809. The van der Waals surface area contributed by atoms with E-state index >= 15 is 0 Å². The van der Waals surface area contributed by atoms with Gasteiger partial charge in [-0.15, -0.1) is 11.3 Å². The Morgan fingerprint density at radius 2 is 2.05 bits per heavy atom. The summed E-state index contributed by atoms with van der Waals surface area (Å²) in [6, 6.07) is 1.88. The topological polar surface area (TPSA) is 72.0 Å². The van der Waals surface area contributed by atoms with Gasteiger partial charge in [-0.2, -0.15) is 0 Å². The largest absolute Gasteiger partial charge is 0.377 e. The Morgan fingerprint density at radius 1 is 1.26 bits per heavy atom. The molecule has 2 heterocycles. The molecule has 2 N–H and O–H groups in total. The summed E-state index contributed by atoms with van der Waals surface area (Å²) in [6.07, 6.45) is 0.